The van der Waals surface area contributed by atoms with Gasteiger partial charge in [0, 0.05) is 63.8 Å². The highest BCUT2D eigenvalue weighted by molar-refractivity contribution is 5.94. The molecule has 1 aliphatic heterocycles. The van der Waals surface area contributed by atoms with Crippen molar-refractivity contribution in [2.75, 3.05) is 50.1 Å². The molecule has 1 aromatic heterocycles. The Kier molecular flexibility index (Phi) is 4.55. The molecule has 1 saturated heterocycles. The molecule has 0 saturated carbocycles. The molecule has 1 aliphatic rings. The SMILES string of the molecule is CN(C)c1ccc(C(=O)N2CCN(c3ccc(=O)[nH]c3)CC2)cc1. The standard InChI is InChI=1S/C18H22N4O2/c1-20(2)15-5-3-14(4-6-15)18(24)22-11-9-21(10-12-22)16-7-8-17(23)19-13-16/h3-8,13H,9-12H2,1-2H3,(H,19,23). The first-order valence-corrected chi connectivity index (χ1v) is 8.05. The van der Waals surface area contributed by atoms with Crippen molar-refractivity contribution in [1.29, 1.82) is 0 Å². The summed E-state index contributed by atoms with van der Waals surface area (Å²) in [5, 5.41) is 0. The molecule has 0 radical (unpaired) electrons. The van der Waals surface area contributed by atoms with Gasteiger partial charge < -0.3 is 19.7 Å². The zero-order valence-electron chi connectivity index (χ0n) is 14.0. The van der Waals surface area contributed by atoms with E-state index >= 15 is 0 Å². The molecular weight excluding hydrogens is 304 g/mol. The monoisotopic (exact) mass is 326 g/mol. The van der Waals surface area contributed by atoms with Gasteiger partial charge in [0.25, 0.3) is 5.91 Å². The number of nitrogens with one attached hydrogen (secondary N) is 1. The minimum Gasteiger partial charge on any atom is -0.378 e. The molecule has 3 rings (SSSR count). The van der Waals surface area contributed by atoms with E-state index in [1.807, 2.05) is 54.2 Å². The van der Waals surface area contributed by atoms with Gasteiger partial charge in [0.05, 0.1) is 5.69 Å². The molecule has 2 aromatic rings. The highest BCUT2D eigenvalue weighted by Crippen LogP contribution is 2.17. The van der Waals surface area contributed by atoms with Gasteiger partial charge in [-0.3, -0.25) is 9.59 Å². The summed E-state index contributed by atoms with van der Waals surface area (Å²) >= 11 is 0. The van der Waals surface area contributed by atoms with Crippen LogP contribution in [0.2, 0.25) is 0 Å². The number of piperazine rings is 1. The molecule has 0 unspecified atom stereocenters. The molecule has 1 N–H and O–H groups in total. The van der Waals surface area contributed by atoms with Crippen molar-refractivity contribution < 1.29 is 4.79 Å². The second-order valence-corrected chi connectivity index (χ2v) is 6.13. The Hall–Kier alpha value is -2.76. The highest BCUT2D eigenvalue weighted by Gasteiger charge is 2.22. The first-order valence-electron chi connectivity index (χ1n) is 8.05. The van der Waals surface area contributed by atoms with Crippen molar-refractivity contribution in [3.63, 3.8) is 0 Å². The summed E-state index contributed by atoms with van der Waals surface area (Å²) < 4.78 is 0. The molecule has 126 valence electrons. The van der Waals surface area contributed by atoms with Crippen LogP contribution in [0.5, 0.6) is 0 Å². The first-order chi connectivity index (χ1) is 11.5. The van der Waals surface area contributed by atoms with Gasteiger partial charge >= 0.3 is 0 Å². The molecule has 24 heavy (non-hydrogen) atoms. The molecule has 1 amide bonds. The summed E-state index contributed by atoms with van der Waals surface area (Å²) in [5.41, 5.74) is 2.68. The number of rotatable bonds is 3. The van der Waals surface area contributed by atoms with E-state index in [0.717, 1.165) is 30.0 Å². The van der Waals surface area contributed by atoms with E-state index in [-0.39, 0.29) is 11.5 Å². The fourth-order valence-corrected chi connectivity index (χ4v) is 2.85. The number of pyridine rings is 1. The molecule has 6 nitrogen and oxygen atoms in total. The number of carbonyl (C=O) groups excluding carboxylic acids is 1. The lowest BCUT2D eigenvalue weighted by atomic mass is 10.1. The van der Waals surface area contributed by atoms with Crippen LogP contribution in [-0.2, 0) is 0 Å². The summed E-state index contributed by atoms with van der Waals surface area (Å²) in [4.78, 5) is 32.5. The number of carbonyl (C=O) groups is 1. The van der Waals surface area contributed by atoms with Crippen molar-refractivity contribution in [2.45, 2.75) is 0 Å². The number of benzene rings is 1. The molecule has 2 heterocycles. The minimum atomic E-state index is -0.103. The van der Waals surface area contributed by atoms with Crippen LogP contribution in [0.3, 0.4) is 0 Å². The lowest BCUT2D eigenvalue weighted by Gasteiger charge is -2.36. The number of hydrogen-bond acceptors (Lipinski definition) is 4. The lowest BCUT2D eigenvalue weighted by Crippen LogP contribution is -2.48. The average molecular weight is 326 g/mol. The smallest absolute Gasteiger partial charge is 0.253 e. The van der Waals surface area contributed by atoms with Crippen LogP contribution in [0.1, 0.15) is 10.4 Å². The van der Waals surface area contributed by atoms with Crippen molar-refractivity contribution in [3.05, 3.63) is 58.5 Å². The van der Waals surface area contributed by atoms with Crippen LogP contribution in [0.15, 0.2) is 47.4 Å². The summed E-state index contributed by atoms with van der Waals surface area (Å²) in [7, 11) is 3.96. The molecular formula is C18H22N4O2. The van der Waals surface area contributed by atoms with Crippen LogP contribution in [0, 0.1) is 0 Å². The Balaban J connectivity index is 1.62. The maximum absolute atomic E-state index is 12.6. The van der Waals surface area contributed by atoms with Gasteiger partial charge in [0.15, 0.2) is 0 Å². The van der Waals surface area contributed by atoms with Crippen LogP contribution >= 0.6 is 0 Å². The van der Waals surface area contributed by atoms with Gasteiger partial charge in [0.2, 0.25) is 5.56 Å². The van der Waals surface area contributed by atoms with E-state index in [0.29, 0.717) is 13.1 Å². The number of hydrogen-bond donors (Lipinski definition) is 1. The first kappa shape index (κ1) is 16.1. The van der Waals surface area contributed by atoms with Crippen LogP contribution in [0.25, 0.3) is 0 Å². The number of amides is 1. The Morgan fingerprint density at radius 3 is 2.21 bits per heavy atom. The maximum Gasteiger partial charge on any atom is 0.253 e. The van der Waals surface area contributed by atoms with Crippen molar-refractivity contribution in [2.24, 2.45) is 0 Å². The fraction of sp³-hybridized carbons (Fsp3) is 0.333. The predicted molar refractivity (Wildman–Crippen MR) is 95.9 cm³/mol. The number of aromatic amines is 1. The summed E-state index contributed by atoms with van der Waals surface area (Å²) in [6.45, 7) is 2.86. The van der Waals surface area contributed by atoms with E-state index in [1.54, 1.807) is 6.20 Å². The van der Waals surface area contributed by atoms with Gasteiger partial charge in [-0.15, -0.1) is 0 Å². The Bertz CT molecular complexity index is 739. The predicted octanol–water partition coefficient (Wildman–Crippen LogP) is 1.40. The van der Waals surface area contributed by atoms with Crippen LogP contribution in [-0.4, -0.2) is 56.1 Å². The van der Waals surface area contributed by atoms with Crippen molar-refractivity contribution in [1.82, 2.24) is 9.88 Å². The lowest BCUT2D eigenvalue weighted by molar-refractivity contribution is 0.0747. The number of anilines is 2. The Labute approximate surface area is 141 Å². The molecule has 0 bridgehead atoms. The minimum absolute atomic E-state index is 0.0708. The second-order valence-electron chi connectivity index (χ2n) is 6.13. The van der Waals surface area contributed by atoms with Gasteiger partial charge in [-0.2, -0.15) is 0 Å². The fourth-order valence-electron chi connectivity index (χ4n) is 2.85. The molecule has 1 fully saturated rings. The van der Waals surface area contributed by atoms with Crippen molar-refractivity contribution >= 4 is 17.3 Å². The number of aromatic nitrogens is 1. The summed E-state index contributed by atoms with van der Waals surface area (Å²) in [5.74, 6) is 0.0708. The molecule has 0 aliphatic carbocycles. The summed E-state index contributed by atoms with van der Waals surface area (Å²) in [6.07, 6.45) is 1.72. The third-order valence-electron chi connectivity index (χ3n) is 4.33. The maximum atomic E-state index is 12.6. The van der Waals surface area contributed by atoms with Gasteiger partial charge in [0.1, 0.15) is 0 Å². The Morgan fingerprint density at radius 1 is 1.00 bits per heavy atom. The van der Waals surface area contributed by atoms with Gasteiger partial charge in [-0.25, -0.2) is 0 Å². The normalized spacial score (nSPS) is 14.6. The average Bonchev–Trinajstić information content (AvgIpc) is 2.62. The molecule has 0 spiro atoms. The number of nitrogens with zero attached hydrogens (tertiary/aromatic N) is 3. The summed E-state index contributed by atoms with van der Waals surface area (Å²) in [6, 6.07) is 11.0. The van der Waals surface area contributed by atoms with E-state index < -0.39 is 0 Å². The molecule has 6 heteroatoms. The topological polar surface area (TPSA) is 59.7 Å². The molecule has 1 aromatic carbocycles. The highest BCUT2D eigenvalue weighted by atomic mass is 16.2. The van der Waals surface area contributed by atoms with Crippen molar-refractivity contribution in [3.8, 4) is 0 Å². The van der Waals surface area contributed by atoms with E-state index in [2.05, 4.69) is 9.88 Å². The van der Waals surface area contributed by atoms with E-state index in [4.69, 9.17) is 0 Å². The zero-order chi connectivity index (χ0) is 17.1. The number of H-pyrrole nitrogens is 1. The largest absolute Gasteiger partial charge is 0.378 e. The van der Waals surface area contributed by atoms with E-state index in [1.165, 1.54) is 6.07 Å². The van der Waals surface area contributed by atoms with Crippen LogP contribution < -0.4 is 15.4 Å². The Morgan fingerprint density at radius 2 is 1.67 bits per heavy atom. The van der Waals surface area contributed by atoms with E-state index in [9.17, 15) is 9.59 Å². The van der Waals surface area contributed by atoms with Crippen LogP contribution in [0.4, 0.5) is 11.4 Å². The van der Waals surface area contributed by atoms with Gasteiger partial charge in [-0.1, -0.05) is 0 Å². The quantitative estimate of drug-likeness (QED) is 0.926. The van der Waals surface area contributed by atoms with Gasteiger partial charge in [-0.05, 0) is 30.3 Å². The molecule has 0 atom stereocenters. The third kappa shape index (κ3) is 3.42. The second kappa shape index (κ2) is 6.78. The third-order valence-corrected chi connectivity index (χ3v) is 4.33. The zero-order valence-corrected chi connectivity index (χ0v) is 14.0.